The van der Waals surface area contributed by atoms with Crippen molar-refractivity contribution in [2.45, 2.75) is 25.3 Å². The fourth-order valence-corrected chi connectivity index (χ4v) is 2.36. The van der Waals surface area contributed by atoms with Crippen LogP contribution in [0, 0.1) is 5.92 Å². The van der Waals surface area contributed by atoms with Crippen molar-refractivity contribution in [1.82, 2.24) is 5.32 Å². The van der Waals surface area contributed by atoms with E-state index in [0.29, 0.717) is 24.1 Å². The molecular formula is C13H16N2O3. The molecule has 1 aromatic rings. The van der Waals surface area contributed by atoms with E-state index in [0.717, 1.165) is 6.42 Å². The molecule has 0 aliphatic heterocycles. The van der Waals surface area contributed by atoms with Gasteiger partial charge in [0.25, 0.3) is 5.91 Å². The maximum Gasteiger partial charge on any atom is 0.308 e. The van der Waals surface area contributed by atoms with Crippen molar-refractivity contribution in [1.29, 1.82) is 0 Å². The van der Waals surface area contributed by atoms with Crippen molar-refractivity contribution in [3.05, 3.63) is 29.8 Å². The average Bonchev–Trinajstić information content (AvgIpc) is 2.77. The predicted molar refractivity (Wildman–Crippen MR) is 67.1 cm³/mol. The lowest BCUT2D eigenvalue weighted by atomic mass is 10.0. The molecular weight excluding hydrogens is 232 g/mol. The van der Waals surface area contributed by atoms with Crippen LogP contribution in [0.3, 0.4) is 0 Å². The van der Waals surface area contributed by atoms with E-state index in [2.05, 4.69) is 5.32 Å². The molecule has 18 heavy (non-hydrogen) atoms. The highest BCUT2D eigenvalue weighted by molar-refractivity contribution is 5.95. The van der Waals surface area contributed by atoms with Gasteiger partial charge in [0.15, 0.2) is 0 Å². The molecule has 5 nitrogen and oxygen atoms in total. The number of carboxylic acids is 1. The molecule has 0 saturated heterocycles. The Morgan fingerprint density at radius 2 is 2.11 bits per heavy atom. The van der Waals surface area contributed by atoms with Gasteiger partial charge < -0.3 is 16.2 Å². The summed E-state index contributed by atoms with van der Waals surface area (Å²) in [5, 5.41) is 11.8. The number of benzene rings is 1. The Hall–Kier alpha value is -2.04. The van der Waals surface area contributed by atoms with Crippen LogP contribution in [0.2, 0.25) is 0 Å². The van der Waals surface area contributed by atoms with Crippen LogP contribution in [-0.2, 0) is 4.79 Å². The Kier molecular flexibility index (Phi) is 3.50. The number of aliphatic carboxylic acids is 1. The van der Waals surface area contributed by atoms with Crippen LogP contribution >= 0.6 is 0 Å². The Morgan fingerprint density at radius 1 is 1.33 bits per heavy atom. The van der Waals surface area contributed by atoms with Gasteiger partial charge in [-0.05, 0) is 31.0 Å². The maximum absolute atomic E-state index is 12.0. The van der Waals surface area contributed by atoms with E-state index in [9.17, 15) is 9.59 Å². The van der Waals surface area contributed by atoms with Gasteiger partial charge in [-0.15, -0.1) is 0 Å². The third kappa shape index (κ3) is 2.61. The Balaban J connectivity index is 2.05. The monoisotopic (exact) mass is 248 g/mol. The molecule has 1 aliphatic carbocycles. The predicted octanol–water partition coefficient (Wildman–Crippen LogP) is 1.25. The third-order valence-electron chi connectivity index (χ3n) is 3.30. The number of amides is 1. The first-order valence-electron chi connectivity index (χ1n) is 5.97. The molecule has 2 rings (SSSR count). The lowest BCUT2D eigenvalue weighted by Gasteiger charge is -2.17. The zero-order valence-corrected chi connectivity index (χ0v) is 9.93. The number of rotatable bonds is 3. The smallest absolute Gasteiger partial charge is 0.308 e. The number of hydrogen-bond acceptors (Lipinski definition) is 3. The molecule has 1 fully saturated rings. The highest BCUT2D eigenvalue weighted by Gasteiger charge is 2.33. The number of carbonyl (C=O) groups is 2. The van der Waals surface area contributed by atoms with Gasteiger partial charge in [0.1, 0.15) is 0 Å². The molecule has 1 amide bonds. The van der Waals surface area contributed by atoms with Gasteiger partial charge in [-0.1, -0.05) is 12.5 Å². The average molecular weight is 248 g/mol. The molecule has 4 N–H and O–H groups in total. The summed E-state index contributed by atoms with van der Waals surface area (Å²) in [6.07, 6.45) is 2.17. The molecule has 0 spiro atoms. The number of nitrogens with one attached hydrogen (secondary N) is 1. The van der Waals surface area contributed by atoms with Crippen molar-refractivity contribution in [3.8, 4) is 0 Å². The number of nitrogen functional groups attached to an aromatic ring is 1. The van der Waals surface area contributed by atoms with Gasteiger partial charge in [0, 0.05) is 17.3 Å². The molecule has 1 aliphatic rings. The second-order valence-electron chi connectivity index (χ2n) is 4.58. The molecule has 2 unspecified atom stereocenters. The van der Waals surface area contributed by atoms with Crippen LogP contribution < -0.4 is 11.1 Å². The fourth-order valence-electron chi connectivity index (χ4n) is 2.36. The lowest BCUT2D eigenvalue weighted by molar-refractivity contribution is -0.142. The van der Waals surface area contributed by atoms with Gasteiger partial charge in [0.05, 0.1) is 5.92 Å². The molecule has 0 radical (unpaired) electrons. The molecule has 1 aromatic carbocycles. The lowest BCUT2D eigenvalue weighted by Crippen LogP contribution is -2.40. The molecule has 0 heterocycles. The van der Waals surface area contributed by atoms with E-state index in [1.54, 1.807) is 24.3 Å². The highest BCUT2D eigenvalue weighted by Crippen LogP contribution is 2.26. The third-order valence-corrected chi connectivity index (χ3v) is 3.30. The van der Waals surface area contributed by atoms with Crippen LogP contribution in [0.4, 0.5) is 5.69 Å². The summed E-state index contributed by atoms with van der Waals surface area (Å²) in [6, 6.07) is 6.37. The standard InChI is InChI=1S/C13H16N2O3/c14-9-4-1-3-8(7-9)12(16)15-11-6-2-5-10(11)13(17)18/h1,3-4,7,10-11H,2,5-6,14H2,(H,15,16)(H,17,18). The molecule has 0 bridgehead atoms. The largest absolute Gasteiger partial charge is 0.481 e. The van der Waals surface area contributed by atoms with Gasteiger partial charge in [-0.2, -0.15) is 0 Å². The van der Waals surface area contributed by atoms with E-state index < -0.39 is 11.9 Å². The Bertz CT molecular complexity index is 473. The summed E-state index contributed by atoms with van der Waals surface area (Å²) in [7, 11) is 0. The summed E-state index contributed by atoms with van der Waals surface area (Å²) < 4.78 is 0. The van der Waals surface area contributed by atoms with Gasteiger partial charge >= 0.3 is 5.97 Å². The molecule has 96 valence electrons. The van der Waals surface area contributed by atoms with Gasteiger partial charge in [-0.25, -0.2) is 0 Å². The van der Waals surface area contributed by atoms with Gasteiger partial charge in [0.2, 0.25) is 0 Å². The second-order valence-corrected chi connectivity index (χ2v) is 4.58. The number of carboxylic acid groups (broad SMARTS) is 1. The minimum Gasteiger partial charge on any atom is -0.481 e. The zero-order valence-electron chi connectivity index (χ0n) is 9.93. The van der Waals surface area contributed by atoms with E-state index in [1.807, 2.05) is 0 Å². The van der Waals surface area contributed by atoms with Gasteiger partial charge in [-0.3, -0.25) is 9.59 Å². The molecule has 1 saturated carbocycles. The van der Waals surface area contributed by atoms with Crippen LogP contribution in [0.15, 0.2) is 24.3 Å². The van der Waals surface area contributed by atoms with Crippen molar-refractivity contribution < 1.29 is 14.7 Å². The minimum absolute atomic E-state index is 0.263. The van der Waals surface area contributed by atoms with Crippen LogP contribution in [0.5, 0.6) is 0 Å². The number of hydrogen-bond donors (Lipinski definition) is 3. The summed E-state index contributed by atoms with van der Waals surface area (Å²) in [4.78, 5) is 23.0. The second kappa shape index (κ2) is 5.08. The number of anilines is 1. The van der Waals surface area contributed by atoms with E-state index >= 15 is 0 Å². The van der Waals surface area contributed by atoms with Crippen LogP contribution in [-0.4, -0.2) is 23.0 Å². The Labute approximate surface area is 105 Å². The van der Waals surface area contributed by atoms with Crippen LogP contribution in [0.1, 0.15) is 29.6 Å². The van der Waals surface area contributed by atoms with E-state index in [1.165, 1.54) is 0 Å². The van der Waals surface area contributed by atoms with E-state index in [4.69, 9.17) is 10.8 Å². The topological polar surface area (TPSA) is 92.4 Å². The normalized spacial score (nSPS) is 22.7. The first-order valence-corrected chi connectivity index (χ1v) is 5.97. The SMILES string of the molecule is Nc1cccc(C(=O)NC2CCCC2C(=O)O)c1. The van der Waals surface area contributed by atoms with Crippen molar-refractivity contribution >= 4 is 17.6 Å². The van der Waals surface area contributed by atoms with Crippen molar-refractivity contribution in [2.75, 3.05) is 5.73 Å². The number of nitrogens with two attached hydrogens (primary N) is 1. The highest BCUT2D eigenvalue weighted by atomic mass is 16.4. The molecule has 0 aromatic heterocycles. The maximum atomic E-state index is 12.0. The van der Waals surface area contributed by atoms with E-state index in [-0.39, 0.29) is 11.9 Å². The summed E-state index contributed by atoms with van der Waals surface area (Å²) >= 11 is 0. The van der Waals surface area contributed by atoms with Crippen LogP contribution in [0.25, 0.3) is 0 Å². The first kappa shape index (κ1) is 12.4. The van der Waals surface area contributed by atoms with Crippen molar-refractivity contribution in [3.63, 3.8) is 0 Å². The summed E-state index contributed by atoms with van der Waals surface area (Å²) in [6.45, 7) is 0. The summed E-state index contributed by atoms with van der Waals surface area (Å²) in [5.74, 6) is -1.58. The quantitative estimate of drug-likeness (QED) is 0.702. The summed E-state index contributed by atoms with van der Waals surface area (Å²) in [5.41, 5.74) is 6.59. The molecule has 2 atom stereocenters. The minimum atomic E-state index is -0.842. The Morgan fingerprint density at radius 3 is 2.78 bits per heavy atom. The van der Waals surface area contributed by atoms with Crippen molar-refractivity contribution in [2.24, 2.45) is 5.92 Å². The molecule has 5 heteroatoms. The number of carbonyl (C=O) groups excluding carboxylic acids is 1. The fraction of sp³-hybridized carbons (Fsp3) is 0.385. The first-order chi connectivity index (χ1) is 8.58. The zero-order chi connectivity index (χ0) is 13.1.